The summed E-state index contributed by atoms with van der Waals surface area (Å²) in [5, 5.41) is 9.10. The average molecular weight is 318 g/mol. The minimum absolute atomic E-state index is 0.168. The van der Waals surface area contributed by atoms with E-state index < -0.39 is 10.2 Å². The van der Waals surface area contributed by atoms with Crippen LogP contribution in [0.3, 0.4) is 0 Å². The van der Waals surface area contributed by atoms with Gasteiger partial charge in [0.2, 0.25) is 0 Å². The molecule has 2 aliphatic rings. The molecule has 0 atom stereocenters. The van der Waals surface area contributed by atoms with Crippen molar-refractivity contribution >= 4 is 10.2 Å². The van der Waals surface area contributed by atoms with Crippen molar-refractivity contribution in [1.29, 1.82) is 0 Å². The molecule has 0 amide bonds. The molecule has 2 fully saturated rings. The Morgan fingerprint density at radius 3 is 2.24 bits per heavy atom. The van der Waals surface area contributed by atoms with Crippen LogP contribution in [-0.4, -0.2) is 44.1 Å². The molecule has 1 aliphatic carbocycles. The van der Waals surface area contributed by atoms with Gasteiger partial charge in [0.05, 0.1) is 0 Å². The summed E-state index contributed by atoms with van der Waals surface area (Å²) in [6.45, 7) is 4.08. The van der Waals surface area contributed by atoms with Gasteiger partial charge < -0.3 is 5.11 Å². The third kappa shape index (κ3) is 5.20. The summed E-state index contributed by atoms with van der Waals surface area (Å²) >= 11 is 0. The zero-order chi connectivity index (χ0) is 15.3. The number of piperidine rings is 1. The molecule has 2 rings (SSSR count). The lowest BCUT2D eigenvalue weighted by atomic mass is 9.81. The molecule has 1 aliphatic heterocycles. The van der Waals surface area contributed by atoms with Gasteiger partial charge in [0.1, 0.15) is 0 Å². The lowest BCUT2D eigenvalue weighted by Crippen LogP contribution is -2.45. The van der Waals surface area contributed by atoms with E-state index in [1.54, 1.807) is 0 Å². The molecule has 0 aromatic carbocycles. The summed E-state index contributed by atoms with van der Waals surface area (Å²) in [4.78, 5) is 0. The number of nitrogens with one attached hydrogen (secondary N) is 1. The molecule has 21 heavy (non-hydrogen) atoms. The van der Waals surface area contributed by atoms with Gasteiger partial charge in [-0.3, -0.25) is 0 Å². The third-order valence-electron chi connectivity index (χ3n) is 5.14. The highest BCUT2D eigenvalue weighted by Gasteiger charge is 2.27. The van der Waals surface area contributed by atoms with Crippen LogP contribution in [-0.2, 0) is 10.2 Å². The highest BCUT2D eigenvalue weighted by atomic mass is 32.2. The molecular formula is C15H30N2O3S. The van der Waals surface area contributed by atoms with Crippen LogP contribution in [0, 0.1) is 17.8 Å². The second-order valence-corrected chi connectivity index (χ2v) is 8.59. The largest absolute Gasteiger partial charge is 0.396 e. The Morgan fingerprint density at radius 2 is 1.67 bits per heavy atom. The van der Waals surface area contributed by atoms with Crippen molar-refractivity contribution in [3.8, 4) is 0 Å². The Morgan fingerprint density at radius 1 is 1.05 bits per heavy atom. The van der Waals surface area contributed by atoms with Gasteiger partial charge in [0.25, 0.3) is 10.2 Å². The van der Waals surface area contributed by atoms with Crippen molar-refractivity contribution in [2.45, 2.75) is 51.9 Å². The third-order valence-corrected chi connectivity index (χ3v) is 6.76. The molecule has 2 N–H and O–H groups in total. The molecular weight excluding hydrogens is 288 g/mol. The van der Waals surface area contributed by atoms with E-state index in [9.17, 15) is 8.42 Å². The Balaban J connectivity index is 1.69. The van der Waals surface area contributed by atoms with E-state index in [4.69, 9.17) is 5.11 Å². The summed E-state index contributed by atoms with van der Waals surface area (Å²) in [6.07, 6.45) is 7.53. The topological polar surface area (TPSA) is 69.6 Å². The summed E-state index contributed by atoms with van der Waals surface area (Å²) in [5.41, 5.74) is 0. The molecule has 0 unspecified atom stereocenters. The molecule has 0 bridgehead atoms. The van der Waals surface area contributed by atoms with Gasteiger partial charge in [-0.25, -0.2) is 4.72 Å². The molecule has 1 saturated heterocycles. The van der Waals surface area contributed by atoms with Crippen LogP contribution in [0.1, 0.15) is 51.9 Å². The monoisotopic (exact) mass is 318 g/mol. The van der Waals surface area contributed by atoms with Crippen LogP contribution in [0.5, 0.6) is 0 Å². The van der Waals surface area contributed by atoms with Gasteiger partial charge in [-0.05, 0) is 37.0 Å². The Kier molecular flexibility index (Phi) is 6.47. The standard InChI is InChI=1S/C15H30N2O3S/c1-13-2-4-14(5-3-13)6-9-16-21(19,20)17-10-7-15(12-18)8-11-17/h13-16,18H,2-12H2,1H3. The fraction of sp³-hybridized carbons (Fsp3) is 1.00. The molecule has 5 nitrogen and oxygen atoms in total. The van der Waals surface area contributed by atoms with E-state index in [0.717, 1.165) is 25.2 Å². The highest BCUT2D eigenvalue weighted by Crippen LogP contribution is 2.30. The van der Waals surface area contributed by atoms with Gasteiger partial charge in [-0.2, -0.15) is 12.7 Å². The van der Waals surface area contributed by atoms with Crippen molar-refractivity contribution < 1.29 is 13.5 Å². The summed E-state index contributed by atoms with van der Waals surface area (Å²) < 4.78 is 28.7. The summed E-state index contributed by atoms with van der Waals surface area (Å²) in [5.74, 6) is 1.79. The lowest BCUT2D eigenvalue weighted by Gasteiger charge is -2.31. The molecule has 124 valence electrons. The number of aliphatic hydroxyl groups excluding tert-OH is 1. The van der Waals surface area contributed by atoms with Gasteiger partial charge in [-0.15, -0.1) is 0 Å². The molecule has 0 aromatic heterocycles. The van der Waals surface area contributed by atoms with Crippen LogP contribution in [0.15, 0.2) is 0 Å². The molecule has 0 aromatic rings. The Bertz CT molecular complexity index is 397. The van der Waals surface area contributed by atoms with E-state index in [1.165, 1.54) is 30.0 Å². The van der Waals surface area contributed by atoms with Crippen molar-refractivity contribution in [1.82, 2.24) is 9.03 Å². The Hall–Kier alpha value is -0.170. The maximum Gasteiger partial charge on any atom is 0.279 e. The number of hydrogen-bond donors (Lipinski definition) is 2. The maximum atomic E-state index is 12.2. The normalized spacial score (nSPS) is 29.6. The second-order valence-electron chi connectivity index (χ2n) is 6.84. The van der Waals surface area contributed by atoms with Crippen LogP contribution in [0.2, 0.25) is 0 Å². The quantitative estimate of drug-likeness (QED) is 0.784. The summed E-state index contributed by atoms with van der Waals surface area (Å²) in [7, 11) is -3.32. The Labute approximate surface area is 129 Å². The van der Waals surface area contributed by atoms with Gasteiger partial charge in [0, 0.05) is 26.2 Å². The first-order valence-electron chi connectivity index (χ1n) is 8.37. The minimum atomic E-state index is -3.32. The lowest BCUT2D eigenvalue weighted by molar-refractivity contribution is 0.169. The molecule has 0 radical (unpaired) electrons. The van der Waals surface area contributed by atoms with E-state index in [-0.39, 0.29) is 12.5 Å². The maximum absolute atomic E-state index is 12.2. The second kappa shape index (κ2) is 7.90. The zero-order valence-corrected chi connectivity index (χ0v) is 13.9. The molecule has 6 heteroatoms. The highest BCUT2D eigenvalue weighted by molar-refractivity contribution is 7.87. The molecule has 0 spiro atoms. The first-order valence-corrected chi connectivity index (χ1v) is 9.81. The van der Waals surface area contributed by atoms with Crippen LogP contribution >= 0.6 is 0 Å². The van der Waals surface area contributed by atoms with Crippen LogP contribution in [0.25, 0.3) is 0 Å². The van der Waals surface area contributed by atoms with Gasteiger partial charge >= 0.3 is 0 Å². The first kappa shape index (κ1) is 17.2. The van der Waals surface area contributed by atoms with Crippen molar-refractivity contribution in [2.24, 2.45) is 17.8 Å². The number of rotatable bonds is 6. The van der Waals surface area contributed by atoms with E-state index in [0.29, 0.717) is 25.6 Å². The molecule has 1 heterocycles. The SMILES string of the molecule is CC1CCC(CCNS(=O)(=O)N2CCC(CO)CC2)CC1. The molecule has 1 saturated carbocycles. The van der Waals surface area contributed by atoms with Crippen molar-refractivity contribution in [3.63, 3.8) is 0 Å². The summed E-state index contributed by atoms with van der Waals surface area (Å²) in [6, 6.07) is 0. The zero-order valence-electron chi connectivity index (χ0n) is 13.1. The number of aliphatic hydroxyl groups is 1. The fourth-order valence-corrected chi connectivity index (χ4v) is 4.68. The van der Waals surface area contributed by atoms with E-state index >= 15 is 0 Å². The van der Waals surface area contributed by atoms with Crippen LogP contribution < -0.4 is 4.72 Å². The van der Waals surface area contributed by atoms with E-state index in [1.807, 2.05) is 0 Å². The van der Waals surface area contributed by atoms with E-state index in [2.05, 4.69) is 11.6 Å². The smallest absolute Gasteiger partial charge is 0.279 e. The van der Waals surface area contributed by atoms with Gasteiger partial charge in [-0.1, -0.05) is 32.6 Å². The predicted molar refractivity (Wildman–Crippen MR) is 84.0 cm³/mol. The van der Waals surface area contributed by atoms with Crippen molar-refractivity contribution in [2.75, 3.05) is 26.2 Å². The van der Waals surface area contributed by atoms with Crippen LogP contribution in [0.4, 0.5) is 0 Å². The number of hydrogen-bond acceptors (Lipinski definition) is 3. The fourth-order valence-electron chi connectivity index (χ4n) is 3.43. The number of nitrogens with zero attached hydrogens (tertiary/aromatic N) is 1. The van der Waals surface area contributed by atoms with Gasteiger partial charge in [0.15, 0.2) is 0 Å². The minimum Gasteiger partial charge on any atom is -0.396 e. The average Bonchev–Trinajstić information content (AvgIpc) is 2.49. The first-order chi connectivity index (χ1) is 10.0. The van der Waals surface area contributed by atoms with Crippen molar-refractivity contribution in [3.05, 3.63) is 0 Å². The predicted octanol–water partition coefficient (Wildman–Crippen LogP) is 1.74.